The first kappa shape index (κ1) is 13.4. The molecule has 2 aromatic carbocycles. The van der Waals surface area contributed by atoms with E-state index in [4.69, 9.17) is 5.73 Å². The fourth-order valence-corrected chi connectivity index (χ4v) is 2.71. The highest BCUT2D eigenvalue weighted by atomic mass is 32.2. The average Bonchev–Trinajstić information content (AvgIpc) is 2.33. The first-order valence-corrected chi connectivity index (χ1v) is 7.01. The van der Waals surface area contributed by atoms with Crippen molar-refractivity contribution in [2.24, 2.45) is 0 Å². The summed E-state index contributed by atoms with van der Waals surface area (Å²) in [5, 5.41) is 0. The molecule has 19 heavy (non-hydrogen) atoms. The molecule has 0 heterocycles. The monoisotopic (exact) mass is 280 g/mol. The van der Waals surface area contributed by atoms with E-state index in [0.717, 1.165) is 0 Å². The van der Waals surface area contributed by atoms with Crippen LogP contribution in [0.25, 0.3) is 0 Å². The molecule has 0 spiro atoms. The van der Waals surface area contributed by atoms with E-state index in [1.165, 1.54) is 30.3 Å². The van der Waals surface area contributed by atoms with Crippen molar-refractivity contribution < 1.29 is 12.8 Å². The topological polar surface area (TPSA) is 72.2 Å². The Kier molecular flexibility index (Phi) is 3.44. The SMILES string of the molecule is Cc1cc(NS(=O)(=O)c2cccc(N)c2)ccc1F. The van der Waals surface area contributed by atoms with Crippen LogP contribution in [0.3, 0.4) is 0 Å². The predicted molar refractivity (Wildman–Crippen MR) is 72.8 cm³/mol. The first-order valence-electron chi connectivity index (χ1n) is 5.53. The number of aryl methyl sites for hydroxylation is 1. The minimum Gasteiger partial charge on any atom is -0.399 e. The first-order chi connectivity index (χ1) is 8.88. The van der Waals surface area contributed by atoms with Crippen molar-refractivity contribution in [1.82, 2.24) is 0 Å². The maximum Gasteiger partial charge on any atom is 0.261 e. The summed E-state index contributed by atoms with van der Waals surface area (Å²) < 4.78 is 39.7. The molecule has 2 aromatic rings. The van der Waals surface area contributed by atoms with E-state index < -0.39 is 10.0 Å². The predicted octanol–water partition coefficient (Wildman–Crippen LogP) is 2.52. The maximum absolute atomic E-state index is 13.1. The standard InChI is InChI=1S/C13H13FN2O2S/c1-9-7-11(5-6-13(9)14)16-19(17,18)12-4-2-3-10(15)8-12/h2-8,16H,15H2,1H3. The lowest BCUT2D eigenvalue weighted by Crippen LogP contribution is -2.13. The number of rotatable bonds is 3. The van der Waals surface area contributed by atoms with Crippen LogP contribution >= 0.6 is 0 Å². The van der Waals surface area contributed by atoms with Crippen molar-refractivity contribution in [2.45, 2.75) is 11.8 Å². The smallest absolute Gasteiger partial charge is 0.261 e. The normalized spacial score (nSPS) is 11.3. The number of nitrogens with one attached hydrogen (secondary N) is 1. The summed E-state index contributed by atoms with van der Waals surface area (Å²) in [5.41, 5.74) is 6.59. The second-order valence-electron chi connectivity index (χ2n) is 4.14. The van der Waals surface area contributed by atoms with Gasteiger partial charge in [0.15, 0.2) is 0 Å². The van der Waals surface area contributed by atoms with Crippen LogP contribution < -0.4 is 10.5 Å². The van der Waals surface area contributed by atoms with Gasteiger partial charge >= 0.3 is 0 Å². The Morgan fingerprint density at radius 1 is 1.16 bits per heavy atom. The van der Waals surface area contributed by atoms with Crippen LogP contribution in [0.5, 0.6) is 0 Å². The van der Waals surface area contributed by atoms with Crippen molar-refractivity contribution in [3.8, 4) is 0 Å². The summed E-state index contributed by atoms with van der Waals surface area (Å²) in [6, 6.07) is 9.96. The Morgan fingerprint density at radius 2 is 1.89 bits per heavy atom. The highest BCUT2D eigenvalue weighted by Gasteiger charge is 2.14. The fourth-order valence-electron chi connectivity index (χ4n) is 1.60. The molecule has 0 unspecified atom stereocenters. The Bertz CT molecular complexity index is 714. The van der Waals surface area contributed by atoms with Crippen molar-refractivity contribution in [3.05, 3.63) is 53.8 Å². The van der Waals surface area contributed by atoms with Crippen molar-refractivity contribution >= 4 is 21.4 Å². The van der Waals surface area contributed by atoms with Gasteiger partial charge in [-0.2, -0.15) is 0 Å². The molecule has 0 aliphatic heterocycles. The van der Waals surface area contributed by atoms with Crippen molar-refractivity contribution in [3.63, 3.8) is 0 Å². The number of hydrogen-bond donors (Lipinski definition) is 2. The van der Waals surface area contributed by atoms with E-state index >= 15 is 0 Å². The number of benzene rings is 2. The van der Waals surface area contributed by atoms with E-state index in [1.807, 2.05) is 0 Å². The van der Waals surface area contributed by atoms with Gasteiger partial charge < -0.3 is 5.73 Å². The molecule has 0 fully saturated rings. The molecule has 0 radical (unpaired) electrons. The Labute approximate surface area is 111 Å². The van der Waals surface area contributed by atoms with E-state index in [9.17, 15) is 12.8 Å². The van der Waals surface area contributed by atoms with Gasteiger partial charge in [0.1, 0.15) is 5.82 Å². The summed E-state index contributed by atoms with van der Waals surface area (Å²) >= 11 is 0. The van der Waals surface area contributed by atoms with Crippen molar-refractivity contribution in [1.29, 1.82) is 0 Å². The second-order valence-corrected chi connectivity index (χ2v) is 5.82. The minimum absolute atomic E-state index is 0.0643. The molecule has 3 N–H and O–H groups in total. The molecule has 0 aliphatic carbocycles. The van der Waals surface area contributed by atoms with E-state index in [1.54, 1.807) is 19.1 Å². The number of halogens is 1. The maximum atomic E-state index is 13.1. The lowest BCUT2D eigenvalue weighted by Gasteiger charge is -2.09. The van der Waals surface area contributed by atoms with Gasteiger partial charge in [-0.15, -0.1) is 0 Å². The zero-order valence-corrected chi connectivity index (χ0v) is 11.0. The molecule has 0 bridgehead atoms. The zero-order chi connectivity index (χ0) is 14.0. The molecule has 4 nitrogen and oxygen atoms in total. The summed E-state index contributed by atoms with van der Waals surface area (Å²) in [6.07, 6.45) is 0. The van der Waals surface area contributed by atoms with Crippen molar-refractivity contribution in [2.75, 3.05) is 10.5 Å². The van der Waals surface area contributed by atoms with E-state index in [-0.39, 0.29) is 10.7 Å². The van der Waals surface area contributed by atoms with Crippen LogP contribution in [0.2, 0.25) is 0 Å². The van der Waals surface area contributed by atoms with Gasteiger partial charge in [-0.25, -0.2) is 12.8 Å². The Balaban J connectivity index is 2.33. The molecule has 0 aliphatic rings. The van der Waals surface area contributed by atoms with Gasteiger partial charge in [-0.3, -0.25) is 4.72 Å². The molecule has 0 atom stereocenters. The third kappa shape index (κ3) is 3.03. The molecule has 0 amide bonds. The third-order valence-corrected chi connectivity index (χ3v) is 3.96. The summed E-state index contributed by atoms with van der Waals surface area (Å²) in [5.74, 6) is -0.382. The lowest BCUT2D eigenvalue weighted by atomic mass is 10.2. The Morgan fingerprint density at radius 3 is 2.53 bits per heavy atom. The van der Waals surface area contributed by atoms with Gasteiger partial charge in [0.25, 0.3) is 10.0 Å². The van der Waals surface area contributed by atoms with Gasteiger partial charge in [-0.1, -0.05) is 6.07 Å². The summed E-state index contributed by atoms with van der Waals surface area (Å²) in [6.45, 7) is 1.56. The van der Waals surface area contributed by atoms with Gasteiger partial charge in [0, 0.05) is 11.4 Å². The van der Waals surface area contributed by atoms with Crippen LogP contribution in [0.4, 0.5) is 15.8 Å². The van der Waals surface area contributed by atoms with Gasteiger partial charge in [0.05, 0.1) is 4.90 Å². The second kappa shape index (κ2) is 4.89. The van der Waals surface area contributed by atoms with E-state index in [2.05, 4.69) is 4.72 Å². The molecule has 2 rings (SSSR count). The number of sulfonamides is 1. The molecule has 0 saturated carbocycles. The summed E-state index contributed by atoms with van der Waals surface area (Å²) in [7, 11) is -3.72. The summed E-state index contributed by atoms with van der Waals surface area (Å²) in [4.78, 5) is 0.0643. The molecule has 0 saturated heterocycles. The molecule has 100 valence electrons. The van der Waals surface area contributed by atoms with E-state index in [0.29, 0.717) is 16.9 Å². The number of nitrogens with two attached hydrogens (primary N) is 1. The molecular formula is C13H13FN2O2S. The largest absolute Gasteiger partial charge is 0.399 e. The number of hydrogen-bond acceptors (Lipinski definition) is 3. The fraction of sp³-hybridized carbons (Fsp3) is 0.0769. The van der Waals surface area contributed by atoms with Gasteiger partial charge in [-0.05, 0) is 48.9 Å². The molecule has 6 heteroatoms. The highest BCUT2D eigenvalue weighted by Crippen LogP contribution is 2.19. The lowest BCUT2D eigenvalue weighted by molar-refractivity contribution is 0.601. The zero-order valence-electron chi connectivity index (χ0n) is 10.2. The van der Waals surface area contributed by atoms with Crippen LogP contribution in [-0.2, 0) is 10.0 Å². The molecule has 0 aromatic heterocycles. The number of nitrogen functional groups attached to an aromatic ring is 1. The number of anilines is 2. The molecular weight excluding hydrogens is 267 g/mol. The van der Waals surface area contributed by atoms with Crippen LogP contribution in [0, 0.1) is 12.7 Å². The third-order valence-electron chi connectivity index (χ3n) is 2.58. The van der Waals surface area contributed by atoms with Crippen LogP contribution in [0.15, 0.2) is 47.4 Å². The van der Waals surface area contributed by atoms with Crippen LogP contribution in [0.1, 0.15) is 5.56 Å². The van der Waals surface area contributed by atoms with Gasteiger partial charge in [0.2, 0.25) is 0 Å². The highest BCUT2D eigenvalue weighted by molar-refractivity contribution is 7.92. The Hall–Kier alpha value is -2.08. The average molecular weight is 280 g/mol. The van der Waals surface area contributed by atoms with Crippen LogP contribution in [-0.4, -0.2) is 8.42 Å². The minimum atomic E-state index is -3.72. The quantitative estimate of drug-likeness (QED) is 0.848.